The van der Waals surface area contributed by atoms with Crippen LogP contribution in [0.5, 0.6) is 0 Å². The third-order valence-electron chi connectivity index (χ3n) is 2.02. The van der Waals surface area contributed by atoms with Crippen molar-refractivity contribution in [3.8, 4) is 0 Å². The van der Waals surface area contributed by atoms with Gasteiger partial charge in [0.05, 0.1) is 6.54 Å². The zero-order valence-corrected chi connectivity index (χ0v) is 7.51. The van der Waals surface area contributed by atoms with E-state index in [0.717, 1.165) is 12.8 Å². The molecule has 0 aromatic carbocycles. The molecular weight excluding hydrogens is 170 g/mol. The smallest absolute Gasteiger partial charge is 0.243 e. The molecule has 0 aliphatic carbocycles. The number of hydrogen-bond donors (Lipinski definition) is 3. The molecule has 5 nitrogen and oxygen atoms in total. The SMILES string of the molecule is NCCCC[C@H]1NC(=O)CNC1=O. The number of nitrogens with one attached hydrogen (secondary N) is 2. The minimum atomic E-state index is -0.354. The summed E-state index contributed by atoms with van der Waals surface area (Å²) in [5.74, 6) is -0.200. The Morgan fingerprint density at radius 2 is 2.15 bits per heavy atom. The van der Waals surface area contributed by atoms with Gasteiger partial charge in [-0.2, -0.15) is 0 Å². The van der Waals surface area contributed by atoms with Gasteiger partial charge in [0.1, 0.15) is 6.04 Å². The molecule has 1 aliphatic heterocycles. The third kappa shape index (κ3) is 3.02. The van der Waals surface area contributed by atoms with Crippen molar-refractivity contribution >= 4 is 11.8 Å². The molecule has 0 bridgehead atoms. The highest BCUT2D eigenvalue weighted by atomic mass is 16.2. The van der Waals surface area contributed by atoms with E-state index < -0.39 is 0 Å². The molecule has 1 saturated heterocycles. The predicted molar refractivity (Wildman–Crippen MR) is 47.8 cm³/mol. The van der Waals surface area contributed by atoms with Crippen LogP contribution in [0, 0.1) is 0 Å². The molecule has 0 saturated carbocycles. The third-order valence-corrected chi connectivity index (χ3v) is 2.02. The van der Waals surface area contributed by atoms with Gasteiger partial charge in [0.2, 0.25) is 11.8 Å². The van der Waals surface area contributed by atoms with Crippen LogP contribution in [0.3, 0.4) is 0 Å². The molecule has 1 aliphatic rings. The molecule has 1 rings (SSSR count). The second-order valence-electron chi connectivity index (χ2n) is 3.12. The Morgan fingerprint density at radius 3 is 2.85 bits per heavy atom. The van der Waals surface area contributed by atoms with Crippen molar-refractivity contribution in [2.45, 2.75) is 25.3 Å². The summed E-state index contributed by atoms with van der Waals surface area (Å²) in [4.78, 5) is 22.1. The van der Waals surface area contributed by atoms with Crippen molar-refractivity contribution in [3.05, 3.63) is 0 Å². The Hall–Kier alpha value is -1.10. The highest BCUT2D eigenvalue weighted by Gasteiger charge is 2.24. The fourth-order valence-electron chi connectivity index (χ4n) is 1.30. The molecule has 0 aromatic rings. The van der Waals surface area contributed by atoms with Gasteiger partial charge in [0.15, 0.2) is 0 Å². The summed E-state index contributed by atoms with van der Waals surface area (Å²) in [6.45, 7) is 0.731. The largest absolute Gasteiger partial charge is 0.345 e. The predicted octanol–water partition coefficient (Wildman–Crippen LogP) is -1.27. The van der Waals surface area contributed by atoms with Gasteiger partial charge in [-0.3, -0.25) is 9.59 Å². The quantitative estimate of drug-likeness (QED) is 0.477. The summed E-state index contributed by atoms with van der Waals surface area (Å²) < 4.78 is 0. The topological polar surface area (TPSA) is 84.2 Å². The van der Waals surface area contributed by atoms with Crippen LogP contribution in [-0.2, 0) is 9.59 Å². The Bertz CT molecular complexity index is 206. The second kappa shape index (κ2) is 4.81. The molecule has 0 radical (unpaired) electrons. The van der Waals surface area contributed by atoms with Gasteiger partial charge < -0.3 is 16.4 Å². The lowest BCUT2D eigenvalue weighted by Gasteiger charge is -2.22. The van der Waals surface area contributed by atoms with E-state index >= 15 is 0 Å². The maximum absolute atomic E-state index is 11.2. The molecule has 0 unspecified atom stereocenters. The zero-order chi connectivity index (χ0) is 9.68. The van der Waals surface area contributed by atoms with E-state index in [2.05, 4.69) is 10.6 Å². The van der Waals surface area contributed by atoms with Crippen LogP contribution in [0.1, 0.15) is 19.3 Å². The average Bonchev–Trinajstić information content (AvgIpc) is 2.11. The number of nitrogens with two attached hydrogens (primary N) is 1. The first-order valence-electron chi connectivity index (χ1n) is 4.51. The minimum Gasteiger partial charge on any atom is -0.345 e. The number of hydrogen-bond acceptors (Lipinski definition) is 3. The molecular formula is C8H15N3O2. The van der Waals surface area contributed by atoms with Gasteiger partial charge in [-0.25, -0.2) is 0 Å². The average molecular weight is 185 g/mol. The Kier molecular flexibility index (Phi) is 3.70. The van der Waals surface area contributed by atoms with E-state index in [1.54, 1.807) is 0 Å². The molecule has 1 heterocycles. The second-order valence-corrected chi connectivity index (χ2v) is 3.12. The first-order chi connectivity index (χ1) is 6.24. The molecule has 0 spiro atoms. The highest BCUT2D eigenvalue weighted by Crippen LogP contribution is 2.02. The molecule has 4 N–H and O–H groups in total. The summed E-state index contributed by atoms with van der Waals surface area (Å²) in [6, 6.07) is -0.354. The summed E-state index contributed by atoms with van der Waals surface area (Å²) in [5.41, 5.74) is 5.32. The molecule has 2 amide bonds. The normalized spacial score (nSPS) is 22.4. The van der Waals surface area contributed by atoms with Crippen molar-refractivity contribution in [2.75, 3.05) is 13.1 Å². The highest BCUT2D eigenvalue weighted by molar-refractivity contribution is 5.94. The van der Waals surface area contributed by atoms with Crippen molar-refractivity contribution in [3.63, 3.8) is 0 Å². The van der Waals surface area contributed by atoms with Crippen LogP contribution in [0.2, 0.25) is 0 Å². The summed E-state index contributed by atoms with van der Waals surface area (Å²) in [6.07, 6.45) is 2.43. The molecule has 5 heteroatoms. The van der Waals surface area contributed by atoms with Crippen LogP contribution in [0.15, 0.2) is 0 Å². The fraction of sp³-hybridized carbons (Fsp3) is 0.750. The summed E-state index contributed by atoms with van der Waals surface area (Å²) in [5, 5.41) is 5.16. The molecule has 1 atom stereocenters. The van der Waals surface area contributed by atoms with Crippen molar-refractivity contribution in [1.82, 2.24) is 10.6 Å². The van der Waals surface area contributed by atoms with Crippen LogP contribution >= 0.6 is 0 Å². The first-order valence-corrected chi connectivity index (χ1v) is 4.51. The summed E-state index contributed by atoms with van der Waals surface area (Å²) in [7, 11) is 0. The van der Waals surface area contributed by atoms with Crippen LogP contribution in [-0.4, -0.2) is 30.9 Å². The van der Waals surface area contributed by atoms with Crippen molar-refractivity contribution < 1.29 is 9.59 Å². The fourth-order valence-corrected chi connectivity index (χ4v) is 1.30. The number of rotatable bonds is 4. The standard InChI is InChI=1S/C8H15N3O2/c9-4-2-1-3-6-8(13)10-5-7(12)11-6/h6H,1-5,9H2,(H,10,13)(H,11,12)/t6-/m1/s1. The first kappa shape index (κ1) is 9.98. The number of carbonyl (C=O) groups is 2. The van der Waals surface area contributed by atoms with Gasteiger partial charge in [-0.1, -0.05) is 0 Å². The Morgan fingerprint density at radius 1 is 1.38 bits per heavy atom. The van der Waals surface area contributed by atoms with Crippen LogP contribution in [0.4, 0.5) is 0 Å². The summed E-state index contributed by atoms with van der Waals surface area (Å²) >= 11 is 0. The van der Waals surface area contributed by atoms with Crippen LogP contribution < -0.4 is 16.4 Å². The molecule has 74 valence electrons. The lowest BCUT2D eigenvalue weighted by molar-refractivity contribution is -0.133. The molecule has 13 heavy (non-hydrogen) atoms. The van der Waals surface area contributed by atoms with Crippen LogP contribution in [0.25, 0.3) is 0 Å². The van der Waals surface area contributed by atoms with Crippen molar-refractivity contribution in [2.24, 2.45) is 5.73 Å². The van der Waals surface area contributed by atoms with Gasteiger partial charge in [0.25, 0.3) is 0 Å². The monoisotopic (exact) mass is 185 g/mol. The number of amides is 2. The van der Waals surface area contributed by atoms with E-state index in [4.69, 9.17) is 5.73 Å². The van der Waals surface area contributed by atoms with Gasteiger partial charge in [-0.15, -0.1) is 0 Å². The van der Waals surface area contributed by atoms with E-state index in [0.29, 0.717) is 13.0 Å². The maximum Gasteiger partial charge on any atom is 0.243 e. The lowest BCUT2D eigenvalue weighted by atomic mass is 10.1. The van der Waals surface area contributed by atoms with Crippen molar-refractivity contribution in [1.29, 1.82) is 0 Å². The number of piperazine rings is 1. The Balaban J connectivity index is 2.29. The van der Waals surface area contributed by atoms with E-state index in [1.165, 1.54) is 0 Å². The lowest BCUT2D eigenvalue weighted by Crippen LogP contribution is -2.56. The van der Waals surface area contributed by atoms with Gasteiger partial charge in [-0.05, 0) is 25.8 Å². The van der Waals surface area contributed by atoms with Gasteiger partial charge in [0, 0.05) is 0 Å². The molecule has 0 aromatic heterocycles. The van der Waals surface area contributed by atoms with E-state index in [9.17, 15) is 9.59 Å². The van der Waals surface area contributed by atoms with E-state index in [1.807, 2.05) is 0 Å². The minimum absolute atomic E-state index is 0.0865. The van der Waals surface area contributed by atoms with Gasteiger partial charge >= 0.3 is 0 Å². The number of unbranched alkanes of at least 4 members (excludes halogenated alkanes) is 1. The zero-order valence-electron chi connectivity index (χ0n) is 7.51. The molecule has 1 fully saturated rings. The Labute approximate surface area is 77.1 Å². The number of carbonyl (C=O) groups excluding carboxylic acids is 2. The van der Waals surface area contributed by atoms with E-state index in [-0.39, 0.29) is 24.4 Å². The maximum atomic E-state index is 11.2.